The van der Waals surface area contributed by atoms with Crippen molar-refractivity contribution in [3.8, 4) is 0 Å². The van der Waals surface area contributed by atoms with Crippen molar-refractivity contribution < 1.29 is 14.0 Å². The van der Waals surface area contributed by atoms with Crippen LogP contribution >= 0.6 is 11.6 Å². The molecule has 1 N–H and O–H groups in total. The van der Waals surface area contributed by atoms with Gasteiger partial charge in [0.15, 0.2) is 5.78 Å². The molecule has 0 atom stereocenters. The molecule has 1 aromatic heterocycles. The minimum atomic E-state index is -0.669. The van der Waals surface area contributed by atoms with Crippen LogP contribution in [0.1, 0.15) is 60.1 Å². The number of nitrogens with one attached hydrogen (secondary N) is 1. The molecule has 196 valence electrons. The topological polar surface area (TPSA) is 72.0 Å². The Bertz CT molecular complexity index is 1540. The predicted octanol–water partition coefficient (Wildman–Crippen LogP) is 7.76. The zero-order valence-electron chi connectivity index (χ0n) is 22.3. The van der Waals surface area contributed by atoms with Crippen LogP contribution in [0.2, 0.25) is 5.02 Å². The number of carbonyl (C=O) groups excluding carboxylic acids is 2. The van der Waals surface area contributed by atoms with E-state index in [0.29, 0.717) is 28.3 Å². The molecule has 7 heteroatoms. The molecule has 0 bridgehead atoms. The third-order valence-corrected chi connectivity index (χ3v) is 6.78. The molecular weight excluding hydrogens is 501 g/mol. The molecule has 4 rings (SSSR count). The van der Waals surface area contributed by atoms with Crippen LogP contribution in [0.5, 0.6) is 0 Å². The first kappa shape index (κ1) is 27.4. The SMILES string of the molecule is Cc1cccc(Nc2nc(C)nc3c(CC(=O)c4c(Cl)ccc(CCC(=O)C(C)(C)C)c4F)cccc23)c1. The number of benzene rings is 3. The summed E-state index contributed by atoms with van der Waals surface area (Å²) < 4.78 is 15.5. The molecule has 0 aliphatic carbocycles. The smallest absolute Gasteiger partial charge is 0.171 e. The number of anilines is 2. The summed E-state index contributed by atoms with van der Waals surface area (Å²) in [5.74, 6) is 0.0792. The largest absolute Gasteiger partial charge is 0.340 e. The lowest BCUT2D eigenvalue weighted by Crippen LogP contribution is -2.20. The van der Waals surface area contributed by atoms with Crippen LogP contribution in [-0.4, -0.2) is 21.5 Å². The molecule has 0 aliphatic rings. The number of halogens is 2. The van der Waals surface area contributed by atoms with Crippen LogP contribution < -0.4 is 5.32 Å². The Balaban J connectivity index is 1.65. The van der Waals surface area contributed by atoms with Gasteiger partial charge in [-0.1, -0.05) is 62.7 Å². The summed E-state index contributed by atoms with van der Waals surface area (Å²) in [7, 11) is 0. The molecule has 0 amide bonds. The molecule has 5 nitrogen and oxygen atoms in total. The van der Waals surface area contributed by atoms with Crippen molar-refractivity contribution in [3.63, 3.8) is 0 Å². The van der Waals surface area contributed by atoms with Gasteiger partial charge in [0, 0.05) is 29.3 Å². The number of hydrogen-bond acceptors (Lipinski definition) is 5. The van der Waals surface area contributed by atoms with Crippen molar-refractivity contribution in [1.82, 2.24) is 9.97 Å². The van der Waals surface area contributed by atoms with E-state index in [-0.39, 0.29) is 35.6 Å². The van der Waals surface area contributed by atoms with Gasteiger partial charge in [0.2, 0.25) is 0 Å². The summed E-state index contributed by atoms with van der Waals surface area (Å²) in [6.07, 6.45) is 0.304. The van der Waals surface area contributed by atoms with Crippen LogP contribution in [0.15, 0.2) is 54.6 Å². The Hall–Kier alpha value is -3.64. The summed E-state index contributed by atoms with van der Waals surface area (Å²) >= 11 is 6.31. The van der Waals surface area contributed by atoms with Gasteiger partial charge in [0.1, 0.15) is 23.2 Å². The van der Waals surface area contributed by atoms with Gasteiger partial charge < -0.3 is 5.32 Å². The Morgan fingerprint density at radius 2 is 1.71 bits per heavy atom. The van der Waals surface area contributed by atoms with E-state index in [4.69, 9.17) is 11.6 Å². The number of rotatable bonds is 8. The maximum atomic E-state index is 15.5. The third-order valence-electron chi connectivity index (χ3n) is 6.46. The van der Waals surface area contributed by atoms with Crippen LogP contribution in [0.4, 0.5) is 15.9 Å². The number of fused-ring (bicyclic) bond motifs is 1. The fourth-order valence-electron chi connectivity index (χ4n) is 4.35. The molecule has 38 heavy (non-hydrogen) atoms. The molecule has 4 aromatic rings. The van der Waals surface area contributed by atoms with E-state index < -0.39 is 17.0 Å². The molecular formula is C31H31ClFN3O2. The molecule has 1 heterocycles. The van der Waals surface area contributed by atoms with Crippen molar-refractivity contribution in [2.75, 3.05) is 5.32 Å². The maximum Gasteiger partial charge on any atom is 0.171 e. The zero-order chi connectivity index (χ0) is 27.6. The number of nitrogens with zero attached hydrogens (tertiary/aromatic N) is 2. The number of Topliss-reactive ketones (excluding diaryl/α,β-unsaturated/α-hetero) is 2. The molecule has 3 aromatic carbocycles. The molecule has 0 saturated carbocycles. The maximum absolute atomic E-state index is 15.5. The van der Waals surface area contributed by atoms with E-state index in [9.17, 15) is 9.59 Å². The van der Waals surface area contributed by atoms with E-state index in [2.05, 4.69) is 15.3 Å². The van der Waals surface area contributed by atoms with Gasteiger partial charge in [-0.25, -0.2) is 14.4 Å². The number of aromatic nitrogens is 2. The van der Waals surface area contributed by atoms with Crippen LogP contribution in [0.25, 0.3) is 10.9 Å². The van der Waals surface area contributed by atoms with Crippen molar-refractivity contribution >= 4 is 45.6 Å². The standard InChI is InChI=1S/C31H31ClFN3O2/c1-18-8-6-10-22(16-18)36-30-23-11-7-9-21(29(23)34-19(2)35-30)17-25(37)27-24(32)14-12-20(28(27)33)13-15-26(38)31(3,4)5/h6-12,14,16H,13,15,17H2,1-5H3,(H,34,35,36). The van der Waals surface area contributed by atoms with Gasteiger partial charge >= 0.3 is 0 Å². The van der Waals surface area contributed by atoms with E-state index >= 15 is 4.39 Å². The average molecular weight is 532 g/mol. The fraction of sp³-hybridized carbons (Fsp3) is 0.290. The Morgan fingerprint density at radius 1 is 0.974 bits per heavy atom. The van der Waals surface area contributed by atoms with Crippen molar-refractivity contribution in [3.05, 3.63) is 93.5 Å². The molecule has 0 saturated heterocycles. The summed E-state index contributed by atoms with van der Waals surface area (Å²) in [5, 5.41) is 4.16. The third kappa shape index (κ3) is 6.08. The Labute approximate surface area is 227 Å². The summed E-state index contributed by atoms with van der Waals surface area (Å²) in [4.78, 5) is 34.9. The molecule has 0 aliphatic heterocycles. The fourth-order valence-corrected chi connectivity index (χ4v) is 4.60. The molecule has 0 fully saturated rings. The highest BCUT2D eigenvalue weighted by molar-refractivity contribution is 6.34. The second-order valence-corrected chi connectivity index (χ2v) is 11.0. The highest BCUT2D eigenvalue weighted by Gasteiger charge is 2.24. The average Bonchev–Trinajstić information content (AvgIpc) is 2.83. The zero-order valence-corrected chi connectivity index (χ0v) is 23.0. The van der Waals surface area contributed by atoms with Gasteiger partial charge in [0.25, 0.3) is 0 Å². The number of aryl methyl sites for hydroxylation is 3. The van der Waals surface area contributed by atoms with E-state index in [0.717, 1.165) is 16.6 Å². The lowest BCUT2D eigenvalue weighted by molar-refractivity contribution is -0.126. The first-order chi connectivity index (χ1) is 17.9. The lowest BCUT2D eigenvalue weighted by atomic mass is 9.87. The molecule has 0 spiro atoms. The van der Waals surface area contributed by atoms with Crippen LogP contribution in [0, 0.1) is 25.1 Å². The highest BCUT2D eigenvalue weighted by Crippen LogP contribution is 2.30. The second-order valence-electron chi connectivity index (χ2n) is 10.6. The summed E-state index contributed by atoms with van der Waals surface area (Å²) in [6, 6.07) is 16.5. The number of hydrogen-bond donors (Lipinski definition) is 1. The van der Waals surface area contributed by atoms with Crippen LogP contribution in [0.3, 0.4) is 0 Å². The van der Waals surface area contributed by atoms with Gasteiger partial charge in [-0.3, -0.25) is 9.59 Å². The predicted molar refractivity (Wildman–Crippen MR) is 151 cm³/mol. The molecule has 0 radical (unpaired) electrons. The van der Waals surface area contributed by atoms with E-state index in [1.54, 1.807) is 19.1 Å². The van der Waals surface area contributed by atoms with Crippen molar-refractivity contribution in [2.24, 2.45) is 5.41 Å². The highest BCUT2D eigenvalue weighted by atomic mass is 35.5. The summed E-state index contributed by atoms with van der Waals surface area (Å²) in [6.45, 7) is 9.30. The van der Waals surface area contributed by atoms with Gasteiger partial charge in [-0.2, -0.15) is 0 Å². The molecule has 0 unspecified atom stereocenters. The number of para-hydroxylation sites is 1. The second kappa shape index (κ2) is 11.0. The monoisotopic (exact) mass is 531 g/mol. The lowest BCUT2D eigenvalue weighted by Gasteiger charge is -2.17. The van der Waals surface area contributed by atoms with Crippen molar-refractivity contribution in [1.29, 1.82) is 0 Å². The number of carbonyl (C=O) groups is 2. The minimum absolute atomic E-state index is 0.0283. The summed E-state index contributed by atoms with van der Waals surface area (Å²) in [5.41, 5.74) is 2.90. The quantitative estimate of drug-likeness (QED) is 0.235. The van der Waals surface area contributed by atoms with Gasteiger partial charge in [0.05, 0.1) is 16.1 Å². The van der Waals surface area contributed by atoms with Crippen molar-refractivity contribution in [2.45, 2.75) is 53.9 Å². The van der Waals surface area contributed by atoms with Gasteiger partial charge in [-0.15, -0.1) is 0 Å². The first-order valence-corrected chi connectivity index (χ1v) is 12.9. The minimum Gasteiger partial charge on any atom is -0.340 e. The van der Waals surface area contributed by atoms with E-state index in [1.165, 1.54) is 6.07 Å². The normalized spacial score (nSPS) is 11.6. The number of ketones is 2. The Kier molecular flexibility index (Phi) is 7.93. The van der Waals surface area contributed by atoms with E-state index in [1.807, 2.05) is 64.1 Å². The first-order valence-electron chi connectivity index (χ1n) is 12.6. The Morgan fingerprint density at radius 3 is 2.42 bits per heavy atom. The van der Waals surface area contributed by atoms with Gasteiger partial charge in [-0.05, 0) is 61.2 Å². The van der Waals surface area contributed by atoms with Crippen LogP contribution in [-0.2, 0) is 17.6 Å².